The van der Waals surface area contributed by atoms with Crippen molar-refractivity contribution in [1.29, 1.82) is 0 Å². The molecule has 0 heterocycles. The highest BCUT2D eigenvalue weighted by Crippen LogP contribution is 2.17. The van der Waals surface area contributed by atoms with E-state index >= 15 is 0 Å². The molecule has 0 saturated carbocycles. The van der Waals surface area contributed by atoms with Crippen molar-refractivity contribution in [3.8, 4) is 0 Å². The van der Waals surface area contributed by atoms with Gasteiger partial charge in [-0.3, -0.25) is 0 Å². The fourth-order valence-corrected chi connectivity index (χ4v) is 5.92. The lowest BCUT2D eigenvalue weighted by atomic mass is 10.0. The van der Waals surface area contributed by atoms with Crippen LogP contribution < -0.4 is 0 Å². The first-order chi connectivity index (χ1) is 19.3. The van der Waals surface area contributed by atoms with Crippen molar-refractivity contribution in [3.05, 3.63) is 11.8 Å². The lowest BCUT2D eigenvalue weighted by Gasteiger charge is -2.04. The summed E-state index contributed by atoms with van der Waals surface area (Å²) in [6.45, 7) is 4.58. The molecule has 0 amide bonds. The summed E-state index contributed by atoms with van der Waals surface area (Å²) >= 11 is 0. The van der Waals surface area contributed by atoms with Crippen molar-refractivity contribution in [2.75, 3.05) is 0 Å². The van der Waals surface area contributed by atoms with Crippen molar-refractivity contribution in [2.45, 2.75) is 232 Å². The first-order valence-electron chi connectivity index (χ1n) is 18.7. The summed E-state index contributed by atoms with van der Waals surface area (Å²) in [4.78, 5) is 0. The minimum Gasteiger partial charge on any atom is -0.513 e. The standard InChI is InChI=1S/C38H76O/c1-3-5-7-9-11-13-14-15-16-17-18-19-20-21-22-23-24-25-26-27-29-31-33-35-37-38(39)36-34-32-30-28-12-10-8-6-4-2/h36,39H,3-35,37H2,1-2H3. The maximum absolute atomic E-state index is 10.1. The Kier molecular flexibility index (Phi) is 35.1. The minimum atomic E-state index is 0.650. The smallest absolute Gasteiger partial charge is 0.0882 e. The van der Waals surface area contributed by atoms with Crippen LogP contribution in [0.25, 0.3) is 0 Å². The van der Waals surface area contributed by atoms with Crippen LogP contribution in [0.5, 0.6) is 0 Å². The Hall–Kier alpha value is -0.460. The van der Waals surface area contributed by atoms with Crippen molar-refractivity contribution >= 4 is 0 Å². The summed E-state index contributed by atoms with van der Waals surface area (Å²) in [5, 5.41) is 10.1. The first-order valence-corrected chi connectivity index (χ1v) is 18.7. The second-order valence-corrected chi connectivity index (χ2v) is 12.8. The zero-order chi connectivity index (χ0) is 28.3. The van der Waals surface area contributed by atoms with Gasteiger partial charge in [-0.1, -0.05) is 206 Å². The second-order valence-electron chi connectivity index (χ2n) is 12.8. The Morgan fingerprint density at radius 1 is 0.333 bits per heavy atom. The summed E-state index contributed by atoms with van der Waals surface area (Å²) in [5.74, 6) is 0.650. The number of aliphatic hydroxyl groups excluding tert-OH is 1. The average molecular weight is 549 g/mol. The van der Waals surface area contributed by atoms with Crippen molar-refractivity contribution in [1.82, 2.24) is 0 Å². The molecule has 1 N–H and O–H groups in total. The summed E-state index contributed by atoms with van der Waals surface area (Å²) < 4.78 is 0. The van der Waals surface area contributed by atoms with Crippen LogP contribution in [0, 0.1) is 0 Å². The molecule has 0 radical (unpaired) electrons. The highest BCUT2D eigenvalue weighted by atomic mass is 16.3. The van der Waals surface area contributed by atoms with E-state index in [4.69, 9.17) is 0 Å². The van der Waals surface area contributed by atoms with Gasteiger partial charge in [-0.2, -0.15) is 0 Å². The molecule has 0 fully saturated rings. The SMILES string of the molecule is CCCCCCCCCCC=C(O)CCCCCCCCCCCCCCCCCCCCCCCCCC. The van der Waals surface area contributed by atoms with Crippen molar-refractivity contribution in [2.24, 2.45) is 0 Å². The molecule has 0 bridgehead atoms. The molecule has 0 aromatic heterocycles. The summed E-state index contributed by atoms with van der Waals surface area (Å²) in [5.41, 5.74) is 0. The van der Waals surface area contributed by atoms with E-state index in [1.165, 1.54) is 205 Å². The van der Waals surface area contributed by atoms with Crippen LogP contribution in [-0.2, 0) is 0 Å². The molecule has 234 valence electrons. The number of unbranched alkanes of at least 4 members (excludes halogenated alkanes) is 31. The molecule has 0 aliphatic heterocycles. The zero-order valence-electron chi connectivity index (χ0n) is 27.6. The molecule has 0 rings (SSSR count). The third kappa shape index (κ3) is 35.5. The van der Waals surface area contributed by atoms with Crippen LogP contribution in [-0.4, -0.2) is 5.11 Å². The predicted octanol–water partition coefficient (Wildman–Crippen LogP) is 14.7. The van der Waals surface area contributed by atoms with Crippen LogP contribution >= 0.6 is 0 Å². The lowest BCUT2D eigenvalue weighted by molar-refractivity contribution is 0.376. The van der Waals surface area contributed by atoms with Crippen LogP contribution in [0.15, 0.2) is 11.8 Å². The molecule has 1 nitrogen and oxygen atoms in total. The Morgan fingerprint density at radius 2 is 0.564 bits per heavy atom. The third-order valence-electron chi connectivity index (χ3n) is 8.72. The lowest BCUT2D eigenvalue weighted by Crippen LogP contribution is -1.86. The van der Waals surface area contributed by atoms with E-state index < -0.39 is 0 Å². The fourth-order valence-electron chi connectivity index (χ4n) is 5.92. The minimum absolute atomic E-state index is 0.650. The number of aliphatic hydroxyl groups is 1. The van der Waals surface area contributed by atoms with E-state index in [9.17, 15) is 5.11 Å². The van der Waals surface area contributed by atoms with Gasteiger partial charge in [-0.15, -0.1) is 0 Å². The van der Waals surface area contributed by atoms with E-state index in [1.807, 2.05) is 0 Å². The van der Waals surface area contributed by atoms with E-state index in [0.29, 0.717) is 5.76 Å². The highest BCUT2D eigenvalue weighted by molar-refractivity contribution is 4.90. The third-order valence-corrected chi connectivity index (χ3v) is 8.72. The summed E-state index contributed by atoms with van der Waals surface area (Å²) in [7, 11) is 0. The van der Waals surface area contributed by atoms with Gasteiger partial charge in [-0.25, -0.2) is 0 Å². The Morgan fingerprint density at radius 3 is 0.846 bits per heavy atom. The Balaban J connectivity index is 3.16. The van der Waals surface area contributed by atoms with E-state index in [1.54, 1.807) is 0 Å². The Bertz CT molecular complexity index is 454. The largest absolute Gasteiger partial charge is 0.513 e. The van der Waals surface area contributed by atoms with Gasteiger partial charge in [0.15, 0.2) is 0 Å². The molecule has 0 atom stereocenters. The molecule has 1 heteroatoms. The van der Waals surface area contributed by atoms with Crippen LogP contribution in [0.1, 0.15) is 232 Å². The van der Waals surface area contributed by atoms with Gasteiger partial charge >= 0.3 is 0 Å². The van der Waals surface area contributed by atoms with Gasteiger partial charge in [0.1, 0.15) is 0 Å². The van der Waals surface area contributed by atoms with Gasteiger partial charge < -0.3 is 5.11 Å². The quantitative estimate of drug-likeness (QED) is 0.0626. The normalized spacial score (nSPS) is 12.0. The van der Waals surface area contributed by atoms with E-state index in [-0.39, 0.29) is 0 Å². The molecule has 0 aliphatic carbocycles. The number of rotatable bonds is 34. The zero-order valence-corrected chi connectivity index (χ0v) is 27.6. The second kappa shape index (κ2) is 35.6. The maximum atomic E-state index is 10.1. The molecule has 0 unspecified atom stereocenters. The highest BCUT2D eigenvalue weighted by Gasteiger charge is 1.98. The molecule has 0 spiro atoms. The van der Waals surface area contributed by atoms with E-state index in [2.05, 4.69) is 19.9 Å². The fraction of sp³-hybridized carbons (Fsp3) is 0.947. The van der Waals surface area contributed by atoms with Gasteiger partial charge in [0, 0.05) is 6.42 Å². The number of hydrogen-bond acceptors (Lipinski definition) is 1. The monoisotopic (exact) mass is 549 g/mol. The van der Waals surface area contributed by atoms with Crippen LogP contribution in [0.2, 0.25) is 0 Å². The van der Waals surface area contributed by atoms with Crippen LogP contribution in [0.4, 0.5) is 0 Å². The van der Waals surface area contributed by atoms with Crippen molar-refractivity contribution < 1.29 is 5.11 Å². The topological polar surface area (TPSA) is 20.2 Å². The van der Waals surface area contributed by atoms with Gasteiger partial charge in [0.25, 0.3) is 0 Å². The average Bonchev–Trinajstić information content (AvgIpc) is 2.94. The van der Waals surface area contributed by atoms with Gasteiger partial charge in [-0.05, 0) is 25.3 Å². The summed E-state index contributed by atoms with van der Waals surface area (Å²) in [6.07, 6.45) is 49.3. The maximum Gasteiger partial charge on any atom is 0.0882 e. The van der Waals surface area contributed by atoms with Crippen molar-refractivity contribution in [3.63, 3.8) is 0 Å². The molecular weight excluding hydrogens is 472 g/mol. The molecule has 0 aliphatic rings. The van der Waals surface area contributed by atoms with Gasteiger partial charge in [0.05, 0.1) is 5.76 Å². The van der Waals surface area contributed by atoms with Gasteiger partial charge in [0.2, 0.25) is 0 Å². The Labute approximate surface area is 248 Å². The first kappa shape index (κ1) is 38.5. The molecule has 0 saturated heterocycles. The molecular formula is C38H76O. The number of allylic oxidation sites excluding steroid dienone is 2. The molecule has 0 aromatic carbocycles. The van der Waals surface area contributed by atoms with E-state index in [0.717, 1.165) is 12.8 Å². The summed E-state index contributed by atoms with van der Waals surface area (Å²) in [6, 6.07) is 0. The van der Waals surface area contributed by atoms with Crippen LogP contribution in [0.3, 0.4) is 0 Å². The predicted molar refractivity (Wildman–Crippen MR) is 179 cm³/mol. The number of hydrogen-bond donors (Lipinski definition) is 1. The molecule has 0 aromatic rings. The molecule has 39 heavy (non-hydrogen) atoms.